The standard InChI is InChI=1S/C19H20N2O5/c1-22-15-10-19(17(24-3)8-12(15)20)26-14-5-6-21-13-9-18(25-4)16(23-2)7-11(13)14/h5-10H,20H2,1-4H3. The second-order valence-corrected chi connectivity index (χ2v) is 5.38. The van der Waals surface area contributed by atoms with E-state index >= 15 is 0 Å². The van der Waals surface area contributed by atoms with Gasteiger partial charge in [-0.05, 0) is 12.1 Å². The molecule has 0 atom stereocenters. The minimum absolute atomic E-state index is 0.461. The second-order valence-electron chi connectivity index (χ2n) is 5.38. The molecule has 1 heterocycles. The number of nitrogen functional groups attached to an aromatic ring is 1. The van der Waals surface area contributed by atoms with Crippen LogP contribution in [0.1, 0.15) is 0 Å². The van der Waals surface area contributed by atoms with Gasteiger partial charge in [-0.2, -0.15) is 0 Å². The quantitative estimate of drug-likeness (QED) is 0.675. The third-order valence-corrected chi connectivity index (χ3v) is 3.94. The fraction of sp³-hybridized carbons (Fsp3) is 0.211. The molecule has 3 rings (SSSR count). The van der Waals surface area contributed by atoms with Crippen molar-refractivity contribution >= 4 is 16.6 Å². The highest BCUT2D eigenvalue weighted by Crippen LogP contribution is 2.41. The Hall–Kier alpha value is -3.35. The van der Waals surface area contributed by atoms with Crippen molar-refractivity contribution in [1.29, 1.82) is 0 Å². The lowest BCUT2D eigenvalue weighted by atomic mass is 10.1. The summed E-state index contributed by atoms with van der Waals surface area (Å²) < 4.78 is 27.4. The number of nitrogens with two attached hydrogens (primary N) is 1. The molecule has 0 radical (unpaired) electrons. The summed E-state index contributed by atoms with van der Waals surface area (Å²) in [6.45, 7) is 0. The molecule has 0 bridgehead atoms. The van der Waals surface area contributed by atoms with Crippen molar-refractivity contribution in [1.82, 2.24) is 4.98 Å². The van der Waals surface area contributed by atoms with Crippen molar-refractivity contribution in [2.75, 3.05) is 34.2 Å². The molecule has 136 valence electrons. The molecule has 3 aromatic rings. The Kier molecular flexibility index (Phi) is 4.88. The number of benzene rings is 2. The molecule has 0 aliphatic rings. The summed E-state index contributed by atoms with van der Waals surface area (Å²) >= 11 is 0. The number of fused-ring (bicyclic) bond motifs is 1. The van der Waals surface area contributed by atoms with Crippen LogP contribution < -0.4 is 29.4 Å². The Morgan fingerprint density at radius 2 is 1.31 bits per heavy atom. The first kappa shape index (κ1) is 17.5. The van der Waals surface area contributed by atoms with Gasteiger partial charge in [-0.25, -0.2) is 0 Å². The third-order valence-electron chi connectivity index (χ3n) is 3.94. The molecule has 26 heavy (non-hydrogen) atoms. The summed E-state index contributed by atoms with van der Waals surface area (Å²) in [6.07, 6.45) is 1.66. The summed E-state index contributed by atoms with van der Waals surface area (Å²) in [6, 6.07) is 8.71. The highest BCUT2D eigenvalue weighted by atomic mass is 16.5. The highest BCUT2D eigenvalue weighted by Gasteiger charge is 2.15. The molecule has 0 unspecified atom stereocenters. The normalized spacial score (nSPS) is 10.5. The zero-order chi connectivity index (χ0) is 18.7. The number of anilines is 1. The maximum atomic E-state index is 6.09. The predicted molar refractivity (Wildman–Crippen MR) is 98.9 cm³/mol. The summed E-state index contributed by atoms with van der Waals surface area (Å²) in [5.74, 6) is 3.23. The van der Waals surface area contributed by atoms with Crippen LogP contribution in [0.4, 0.5) is 5.69 Å². The van der Waals surface area contributed by atoms with Gasteiger partial charge in [-0.3, -0.25) is 4.98 Å². The van der Waals surface area contributed by atoms with Crippen LogP contribution in [0.15, 0.2) is 36.5 Å². The minimum Gasteiger partial charge on any atom is -0.494 e. The maximum Gasteiger partial charge on any atom is 0.173 e. The largest absolute Gasteiger partial charge is 0.494 e. The second kappa shape index (κ2) is 7.26. The summed E-state index contributed by atoms with van der Waals surface area (Å²) in [5.41, 5.74) is 7.10. The summed E-state index contributed by atoms with van der Waals surface area (Å²) in [5, 5.41) is 0.767. The van der Waals surface area contributed by atoms with E-state index in [4.69, 9.17) is 29.4 Å². The van der Waals surface area contributed by atoms with Crippen LogP contribution in [-0.4, -0.2) is 33.4 Å². The van der Waals surface area contributed by atoms with E-state index in [0.29, 0.717) is 45.7 Å². The average Bonchev–Trinajstić information content (AvgIpc) is 2.67. The molecule has 0 aliphatic carbocycles. The lowest BCUT2D eigenvalue weighted by molar-refractivity contribution is 0.355. The SMILES string of the molecule is COc1cc(Oc2ccnc3cc(OC)c(OC)cc23)c(OC)cc1N. The van der Waals surface area contributed by atoms with Crippen LogP contribution >= 0.6 is 0 Å². The Labute approximate surface area is 151 Å². The van der Waals surface area contributed by atoms with Crippen LogP contribution in [0.2, 0.25) is 0 Å². The van der Waals surface area contributed by atoms with E-state index in [1.165, 1.54) is 0 Å². The first-order chi connectivity index (χ1) is 12.6. The predicted octanol–water partition coefficient (Wildman–Crippen LogP) is 3.64. The topological polar surface area (TPSA) is 85.1 Å². The number of methoxy groups -OCH3 is 4. The van der Waals surface area contributed by atoms with Crippen LogP contribution in [0.5, 0.6) is 34.5 Å². The van der Waals surface area contributed by atoms with Crippen molar-refractivity contribution in [3.63, 3.8) is 0 Å². The molecule has 0 saturated heterocycles. The molecule has 2 N–H and O–H groups in total. The van der Waals surface area contributed by atoms with E-state index in [1.807, 2.05) is 6.07 Å². The Morgan fingerprint density at radius 1 is 0.692 bits per heavy atom. The molecule has 7 heteroatoms. The fourth-order valence-corrected chi connectivity index (χ4v) is 2.63. The summed E-state index contributed by atoms with van der Waals surface area (Å²) in [4.78, 5) is 4.37. The Morgan fingerprint density at radius 3 is 1.96 bits per heavy atom. The maximum absolute atomic E-state index is 6.09. The van der Waals surface area contributed by atoms with Crippen molar-refractivity contribution in [2.24, 2.45) is 0 Å². The molecular weight excluding hydrogens is 336 g/mol. The Balaban J connectivity index is 2.12. The van der Waals surface area contributed by atoms with Crippen molar-refractivity contribution < 1.29 is 23.7 Å². The van der Waals surface area contributed by atoms with Gasteiger partial charge in [0.25, 0.3) is 0 Å². The number of nitrogens with zero attached hydrogens (tertiary/aromatic N) is 1. The monoisotopic (exact) mass is 356 g/mol. The van der Waals surface area contributed by atoms with Crippen LogP contribution in [0.3, 0.4) is 0 Å². The van der Waals surface area contributed by atoms with Crippen molar-refractivity contribution in [2.45, 2.75) is 0 Å². The van der Waals surface area contributed by atoms with Gasteiger partial charge in [0.2, 0.25) is 0 Å². The first-order valence-corrected chi connectivity index (χ1v) is 7.81. The number of hydrogen-bond acceptors (Lipinski definition) is 7. The number of pyridine rings is 1. The number of aromatic nitrogens is 1. The van der Waals surface area contributed by atoms with Crippen LogP contribution in [0, 0.1) is 0 Å². The molecular formula is C19H20N2O5. The van der Waals surface area contributed by atoms with Crippen molar-refractivity contribution in [3.8, 4) is 34.5 Å². The van der Waals surface area contributed by atoms with Gasteiger partial charge in [0.05, 0.1) is 39.6 Å². The molecule has 0 aliphatic heterocycles. The van der Waals surface area contributed by atoms with Gasteiger partial charge in [-0.1, -0.05) is 0 Å². The van der Waals surface area contributed by atoms with E-state index in [1.54, 1.807) is 58.9 Å². The van der Waals surface area contributed by atoms with E-state index in [9.17, 15) is 0 Å². The number of rotatable bonds is 6. The van der Waals surface area contributed by atoms with E-state index < -0.39 is 0 Å². The van der Waals surface area contributed by atoms with Crippen LogP contribution in [0.25, 0.3) is 10.9 Å². The van der Waals surface area contributed by atoms with Gasteiger partial charge in [0, 0.05) is 29.8 Å². The van der Waals surface area contributed by atoms with Crippen LogP contribution in [-0.2, 0) is 0 Å². The Bertz CT molecular complexity index is 943. The average molecular weight is 356 g/mol. The van der Waals surface area contributed by atoms with Gasteiger partial charge >= 0.3 is 0 Å². The van der Waals surface area contributed by atoms with Gasteiger partial charge in [-0.15, -0.1) is 0 Å². The van der Waals surface area contributed by atoms with E-state index in [2.05, 4.69) is 4.98 Å². The third kappa shape index (κ3) is 3.11. The molecule has 7 nitrogen and oxygen atoms in total. The van der Waals surface area contributed by atoms with Gasteiger partial charge in [0.1, 0.15) is 11.5 Å². The lowest BCUT2D eigenvalue weighted by Gasteiger charge is -2.15. The zero-order valence-corrected chi connectivity index (χ0v) is 15.0. The first-order valence-electron chi connectivity index (χ1n) is 7.81. The van der Waals surface area contributed by atoms with E-state index in [-0.39, 0.29) is 0 Å². The molecule has 0 saturated carbocycles. The lowest BCUT2D eigenvalue weighted by Crippen LogP contribution is -1.97. The molecule has 0 fully saturated rings. The number of hydrogen-bond donors (Lipinski definition) is 1. The number of ether oxygens (including phenoxy) is 5. The minimum atomic E-state index is 0.461. The highest BCUT2D eigenvalue weighted by molar-refractivity contribution is 5.88. The smallest absolute Gasteiger partial charge is 0.173 e. The van der Waals surface area contributed by atoms with E-state index in [0.717, 1.165) is 5.39 Å². The van der Waals surface area contributed by atoms with Crippen molar-refractivity contribution in [3.05, 3.63) is 36.5 Å². The fourth-order valence-electron chi connectivity index (χ4n) is 2.63. The summed E-state index contributed by atoms with van der Waals surface area (Å²) in [7, 11) is 6.25. The zero-order valence-electron chi connectivity index (χ0n) is 15.0. The van der Waals surface area contributed by atoms with Gasteiger partial charge < -0.3 is 29.4 Å². The molecule has 0 amide bonds. The molecule has 0 spiro atoms. The molecule has 2 aromatic carbocycles. The van der Waals surface area contributed by atoms with Gasteiger partial charge in [0.15, 0.2) is 23.0 Å². The molecule has 1 aromatic heterocycles.